The smallest absolute Gasteiger partial charge is 0.345 e. The number of carboxylic acids is 1. The number of nitrogens with zero attached hydrogens (tertiary/aromatic N) is 2. The molecule has 0 aliphatic carbocycles. The van der Waals surface area contributed by atoms with Crippen LogP contribution in [0.2, 0.25) is 0 Å². The van der Waals surface area contributed by atoms with Gasteiger partial charge in [0.05, 0.1) is 10.1 Å². The third-order valence-electron chi connectivity index (χ3n) is 2.39. The van der Waals surface area contributed by atoms with E-state index in [1.165, 1.54) is 17.5 Å². The fraction of sp³-hybridized carbons (Fsp3) is 0.182. The van der Waals surface area contributed by atoms with Crippen LogP contribution in [0.4, 0.5) is 0 Å². The maximum Gasteiger partial charge on any atom is 0.345 e. The van der Waals surface area contributed by atoms with Crippen molar-refractivity contribution < 1.29 is 9.90 Å². The van der Waals surface area contributed by atoms with Gasteiger partial charge in [-0.2, -0.15) is 0 Å². The van der Waals surface area contributed by atoms with Crippen LogP contribution in [0.15, 0.2) is 23.1 Å². The van der Waals surface area contributed by atoms with Gasteiger partial charge < -0.3 is 5.11 Å². The van der Waals surface area contributed by atoms with Crippen molar-refractivity contribution in [3.63, 3.8) is 0 Å². The average molecular weight is 376 g/mol. The highest BCUT2D eigenvalue weighted by molar-refractivity contribution is 14.1. The maximum absolute atomic E-state index is 11.9. The molecule has 0 unspecified atom stereocenters. The van der Waals surface area contributed by atoms with Crippen molar-refractivity contribution in [1.82, 2.24) is 9.55 Å². The van der Waals surface area contributed by atoms with Gasteiger partial charge in [-0.25, -0.2) is 9.78 Å². The van der Waals surface area contributed by atoms with Crippen molar-refractivity contribution in [3.05, 3.63) is 47.8 Å². The van der Waals surface area contributed by atoms with Crippen LogP contribution >= 0.6 is 33.9 Å². The van der Waals surface area contributed by atoms with E-state index in [1.807, 2.05) is 22.6 Å². The van der Waals surface area contributed by atoms with Crippen molar-refractivity contribution in [1.29, 1.82) is 0 Å². The molecule has 0 spiro atoms. The summed E-state index contributed by atoms with van der Waals surface area (Å²) < 4.78 is 2.09. The summed E-state index contributed by atoms with van der Waals surface area (Å²) in [5, 5.41) is 8.85. The molecule has 0 atom stereocenters. The first-order valence-corrected chi connectivity index (χ1v) is 6.92. The van der Waals surface area contributed by atoms with Gasteiger partial charge in [0.25, 0.3) is 5.56 Å². The molecule has 94 valence electrons. The number of carboxylic acid groups (broad SMARTS) is 1. The molecule has 0 aromatic carbocycles. The summed E-state index contributed by atoms with van der Waals surface area (Å²) in [4.78, 5) is 27.9. The SMILES string of the molecule is Cc1ncc(I)c(=O)n1Cc1ccc(C(=O)O)s1. The molecule has 0 amide bonds. The molecule has 0 aliphatic rings. The lowest BCUT2D eigenvalue weighted by atomic mass is 10.4. The Morgan fingerprint density at radius 3 is 2.89 bits per heavy atom. The zero-order valence-corrected chi connectivity index (χ0v) is 12.4. The number of carbonyl (C=O) groups is 1. The molecule has 5 nitrogen and oxygen atoms in total. The minimum Gasteiger partial charge on any atom is -0.477 e. The number of hydrogen-bond acceptors (Lipinski definition) is 4. The minimum atomic E-state index is -0.948. The van der Waals surface area contributed by atoms with Crippen LogP contribution in [0.3, 0.4) is 0 Å². The summed E-state index contributed by atoms with van der Waals surface area (Å²) in [6, 6.07) is 3.27. The average Bonchev–Trinajstić information content (AvgIpc) is 2.78. The molecule has 0 saturated carbocycles. The van der Waals surface area contributed by atoms with E-state index in [0.29, 0.717) is 15.9 Å². The summed E-state index contributed by atoms with van der Waals surface area (Å²) in [7, 11) is 0. The lowest BCUT2D eigenvalue weighted by Gasteiger charge is -2.07. The molecule has 7 heteroatoms. The van der Waals surface area contributed by atoms with Crippen molar-refractivity contribution in [2.24, 2.45) is 0 Å². The second-order valence-electron chi connectivity index (χ2n) is 3.62. The van der Waals surface area contributed by atoms with Gasteiger partial charge >= 0.3 is 5.97 Å². The lowest BCUT2D eigenvalue weighted by Crippen LogP contribution is -2.25. The standard InChI is InChI=1S/C11H9IN2O3S/c1-6-13-4-8(12)10(15)14(6)5-7-2-3-9(18-7)11(16)17/h2-4H,5H2,1H3,(H,16,17). The summed E-state index contributed by atoms with van der Waals surface area (Å²) in [6.07, 6.45) is 1.53. The minimum absolute atomic E-state index is 0.103. The molecule has 0 aliphatic heterocycles. The van der Waals surface area contributed by atoms with E-state index in [-0.39, 0.29) is 10.4 Å². The van der Waals surface area contributed by atoms with Crippen molar-refractivity contribution in [3.8, 4) is 0 Å². The van der Waals surface area contributed by atoms with Crippen LogP contribution < -0.4 is 5.56 Å². The van der Waals surface area contributed by atoms with Crippen molar-refractivity contribution in [2.75, 3.05) is 0 Å². The van der Waals surface area contributed by atoms with Gasteiger partial charge in [-0.3, -0.25) is 9.36 Å². The Bertz CT molecular complexity index is 663. The highest BCUT2D eigenvalue weighted by atomic mass is 127. The molecule has 0 bridgehead atoms. The number of aromatic nitrogens is 2. The predicted octanol–water partition coefficient (Wildman–Crippen LogP) is 1.96. The predicted molar refractivity (Wildman–Crippen MR) is 76.3 cm³/mol. The van der Waals surface area contributed by atoms with Crippen LogP contribution in [-0.2, 0) is 6.54 Å². The largest absolute Gasteiger partial charge is 0.477 e. The number of rotatable bonds is 3. The van der Waals surface area contributed by atoms with E-state index in [4.69, 9.17) is 5.11 Å². The van der Waals surface area contributed by atoms with E-state index in [2.05, 4.69) is 4.98 Å². The number of aromatic carboxylic acids is 1. The van der Waals surface area contributed by atoms with Gasteiger partial charge in [-0.15, -0.1) is 11.3 Å². The van der Waals surface area contributed by atoms with E-state index in [9.17, 15) is 9.59 Å². The topological polar surface area (TPSA) is 72.2 Å². The van der Waals surface area contributed by atoms with E-state index in [1.54, 1.807) is 23.6 Å². The Hall–Kier alpha value is -1.22. The van der Waals surface area contributed by atoms with Crippen LogP contribution in [-0.4, -0.2) is 20.6 Å². The van der Waals surface area contributed by atoms with Gasteiger partial charge in [-0.05, 0) is 41.6 Å². The van der Waals surface area contributed by atoms with Gasteiger partial charge in [0.15, 0.2) is 0 Å². The second-order valence-corrected chi connectivity index (χ2v) is 5.95. The van der Waals surface area contributed by atoms with Gasteiger partial charge in [0.1, 0.15) is 10.7 Å². The fourth-order valence-corrected chi connectivity index (χ4v) is 2.74. The summed E-state index contributed by atoms with van der Waals surface area (Å²) >= 11 is 3.11. The summed E-state index contributed by atoms with van der Waals surface area (Å²) in [5.74, 6) is -0.332. The molecule has 0 saturated heterocycles. The Morgan fingerprint density at radius 2 is 2.28 bits per heavy atom. The van der Waals surface area contributed by atoms with E-state index >= 15 is 0 Å². The zero-order chi connectivity index (χ0) is 13.3. The number of thiophene rings is 1. The second kappa shape index (κ2) is 5.19. The molecule has 2 rings (SSSR count). The third-order valence-corrected chi connectivity index (χ3v) is 4.19. The van der Waals surface area contributed by atoms with Gasteiger partial charge in [0.2, 0.25) is 0 Å². The lowest BCUT2D eigenvalue weighted by molar-refractivity contribution is 0.0702. The zero-order valence-electron chi connectivity index (χ0n) is 9.38. The Morgan fingerprint density at radius 1 is 1.56 bits per heavy atom. The highest BCUT2D eigenvalue weighted by Crippen LogP contribution is 2.17. The Kier molecular flexibility index (Phi) is 3.81. The van der Waals surface area contributed by atoms with Crippen molar-refractivity contribution in [2.45, 2.75) is 13.5 Å². The van der Waals surface area contributed by atoms with Gasteiger partial charge in [0, 0.05) is 11.1 Å². The van der Waals surface area contributed by atoms with Crippen LogP contribution in [0.5, 0.6) is 0 Å². The Labute approximate surface area is 120 Å². The monoisotopic (exact) mass is 376 g/mol. The first kappa shape index (κ1) is 13.2. The Balaban J connectivity index is 2.37. The molecule has 2 heterocycles. The molecular formula is C11H9IN2O3S. The molecule has 0 radical (unpaired) electrons. The molecule has 2 aromatic heterocycles. The van der Waals surface area contributed by atoms with Crippen LogP contribution in [0, 0.1) is 10.5 Å². The van der Waals surface area contributed by atoms with Gasteiger partial charge in [-0.1, -0.05) is 0 Å². The summed E-state index contributed by atoms with van der Waals surface area (Å²) in [5.41, 5.74) is -0.103. The molecule has 2 aromatic rings. The first-order valence-electron chi connectivity index (χ1n) is 5.03. The number of halogens is 1. The molecule has 0 fully saturated rings. The van der Waals surface area contributed by atoms with Crippen LogP contribution in [0.25, 0.3) is 0 Å². The highest BCUT2D eigenvalue weighted by Gasteiger charge is 2.10. The number of aryl methyl sites for hydroxylation is 1. The van der Waals surface area contributed by atoms with E-state index < -0.39 is 5.97 Å². The molecule has 1 N–H and O–H groups in total. The summed E-state index contributed by atoms with van der Waals surface area (Å²) in [6.45, 7) is 2.11. The third kappa shape index (κ3) is 2.61. The quantitative estimate of drug-likeness (QED) is 0.832. The normalized spacial score (nSPS) is 10.6. The molecule has 18 heavy (non-hydrogen) atoms. The molecular weight excluding hydrogens is 367 g/mol. The van der Waals surface area contributed by atoms with Crippen molar-refractivity contribution >= 4 is 39.9 Å². The number of hydrogen-bond donors (Lipinski definition) is 1. The first-order chi connectivity index (χ1) is 8.49. The van der Waals surface area contributed by atoms with E-state index in [0.717, 1.165) is 4.88 Å². The maximum atomic E-state index is 11.9. The fourth-order valence-electron chi connectivity index (χ4n) is 1.47. The van der Waals surface area contributed by atoms with Crippen LogP contribution in [0.1, 0.15) is 20.4 Å².